The van der Waals surface area contributed by atoms with Crippen LogP contribution in [0.4, 0.5) is 57.7 Å². The molecule has 5 aliphatic heterocycles. The lowest BCUT2D eigenvalue weighted by atomic mass is 9.90. The number of carboxylic acids is 2. The van der Waals surface area contributed by atoms with Crippen LogP contribution in [0.5, 0.6) is 5.75 Å². The lowest BCUT2D eigenvalue weighted by Gasteiger charge is -2.34. The lowest BCUT2D eigenvalue weighted by molar-refractivity contribution is -0.137. The molecule has 5 atom stereocenters. The number of fused-ring (bicyclic) bond motifs is 6. The molecule has 6 heterocycles. The van der Waals surface area contributed by atoms with Gasteiger partial charge in [-0.25, -0.2) is 4.79 Å². The molecule has 1 aliphatic carbocycles. The summed E-state index contributed by atoms with van der Waals surface area (Å²) in [6, 6.07) is 25.8. The van der Waals surface area contributed by atoms with Crippen molar-refractivity contribution in [2.45, 2.75) is 135 Å². The molecule has 133 heavy (non-hydrogen) atoms. The number of carbonyl (C=O) groups is 14. The van der Waals surface area contributed by atoms with Gasteiger partial charge in [-0.15, -0.1) is 0 Å². The fraction of sp³-hybridized carbons (Fsp3) is 0.348. The van der Waals surface area contributed by atoms with Crippen LogP contribution in [0.15, 0.2) is 137 Å². The minimum absolute atomic E-state index is 0.0106. The first-order valence-corrected chi connectivity index (χ1v) is 43.7. The molecule has 0 saturated carbocycles. The van der Waals surface area contributed by atoms with E-state index in [1.807, 2.05) is 16.7 Å². The standard InChI is InChI=1S/C92H104N22O19/c1-3-47(2)78-88(130)106-68(9-5-7-31-94)86(128)108-71-37-51(80(96)122)11-13-53(71)44-98-66-23-16-55(40-64(66)84(126)109-78)102-75(118)46-100-82(124)49-28-34-114(35-29-49)92-111-90(103-56-14-19-59(62(38-56)89(131)132)77-60-20-17-57(115)41-72(60)133-73-42-58(116)18-21-61(73)77)110-91(112-92)113-32-26-48(27-33-113)81(123)99-45-74(117)101-54-15-22-65-63(39-54)83(125)104-69(24-25-76(119)120)87(129)105-67(8-4-6-30-93)85(127)107-70-36-50(79(95)121)10-12-52(70)43-97-65/h10-23,36-42,47-49,67-69,78,97-98,115H,3-9,24-35,43-46,93-94H2,1-2H3,(H2,95,121)(H2,96,122)(H,99,123)(H,100,124)(H,101,117)(H,102,118)(H,104,125)(H,105,129)(H,106,130)(H,107,127)(H,108,128)(H,109,126)(H,119,120)(H,131,132)(H,103,110,111,112)/t47-,67-,68-,69-,78-/m0/s1. The van der Waals surface area contributed by atoms with Crippen LogP contribution in [-0.4, -0.2) is 190 Å². The number of carbonyl (C=O) groups excluding carboxylic acids is 12. The molecule has 0 spiro atoms. The van der Waals surface area contributed by atoms with Gasteiger partial charge in [0, 0.05) is 137 Å². The summed E-state index contributed by atoms with van der Waals surface area (Å²) in [7, 11) is 0. The van der Waals surface area contributed by atoms with E-state index in [9.17, 15) is 87.2 Å². The van der Waals surface area contributed by atoms with Crippen LogP contribution in [0.2, 0.25) is 0 Å². The molecule has 2 fully saturated rings. The Morgan fingerprint density at radius 3 is 1.53 bits per heavy atom. The number of phenols is 1. The van der Waals surface area contributed by atoms with E-state index in [2.05, 4.69) is 69.1 Å². The number of carboxylic acid groups (broad SMARTS) is 2. The number of phenolic OH excluding ortho intramolecular Hbond substituents is 1. The van der Waals surface area contributed by atoms with Crippen LogP contribution in [0.25, 0.3) is 33.4 Å². The zero-order valence-electron chi connectivity index (χ0n) is 72.8. The number of hydrogen-bond donors (Lipinski definition) is 20. The van der Waals surface area contributed by atoms with Crippen LogP contribution in [0.1, 0.15) is 160 Å². The maximum atomic E-state index is 14.6. The third kappa shape index (κ3) is 23.9. The first kappa shape index (κ1) is 94.9. The van der Waals surface area contributed by atoms with Crippen molar-refractivity contribution in [3.05, 3.63) is 177 Å². The zero-order valence-corrected chi connectivity index (χ0v) is 72.8. The summed E-state index contributed by atoms with van der Waals surface area (Å²) in [4.78, 5) is 222. The van der Waals surface area contributed by atoms with Crippen molar-refractivity contribution in [1.29, 1.82) is 0 Å². The molecule has 0 unspecified atom stereocenters. The molecule has 1 aromatic heterocycles. The molecule has 41 heteroatoms. The summed E-state index contributed by atoms with van der Waals surface area (Å²) >= 11 is 0. The van der Waals surface area contributed by atoms with Gasteiger partial charge in [-0.3, -0.25) is 67.1 Å². The minimum Gasteiger partial charge on any atom is -0.508 e. The van der Waals surface area contributed by atoms with E-state index in [0.717, 1.165) is 0 Å². The van der Waals surface area contributed by atoms with Gasteiger partial charge in [0.1, 0.15) is 41.3 Å². The van der Waals surface area contributed by atoms with E-state index < -0.39 is 144 Å². The molecular weight excluding hydrogens is 1720 g/mol. The zero-order chi connectivity index (χ0) is 94.8. The first-order chi connectivity index (χ1) is 63.9. The number of hydrogen-bond acceptors (Lipinski definition) is 27. The average Bonchev–Trinajstić information content (AvgIpc) is 0.743. The summed E-state index contributed by atoms with van der Waals surface area (Å²) in [6.07, 6.45) is 2.67. The Hall–Kier alpha value is -15.7. The van der Waals surface area contributed by atoms with Crippen LogP contribution < -0.4 is 107 Å². The topological polar surface area (TPSA) is 635 Å². The van der Waals surface area contributed by atoms with Gasteiger partial charge in [0.15, 0.2) is 5.43 Å². The van der Waals surface area contributed by atoms with E-state index in [0.29, 0.717) is 66.3 Å². The van der Waals surface area contributed by atoms with Crippen molar-refractivity contribution in [1.82, 2.24) is 46.9 Å². The van der Waals surface area contributed by atoms with Gasteiger partial charge >= 0.3 is 11.9 Å². The van der Waals surface area contributed by atoms with E-state index in [1.165, 1.54) is 91.0 Å². The molecule has 41 nitrogen and oxygen atoms in total. The molecule has 24 N–H and O–H groups in total. The third-order valence-electron chi connectivity index (χ3n) is 23.8. The van der Waals surface area contributed by atoms with Gasteiger partial charge in [-0.2, -0.15) is 15.0 Å². The van der Waals surface area contributed by atoms with E-state index in [4.69, 9.17) is 42.3 Å². The fourth-order valence-electron chi connectivity index (χ4n) is 16.2. The molecule has 7 aromatic rings. The Bertz CT molecular complexity index is 6050. The number of aromatic nitrogens is 3. The van der Waals surface area contributed by atoms with E-state index >= 15 is 0 Å². The largest absolute Gasteiger partial charge is 0.508 e. The Morgan fingerprint density at radius 2 is 1.02 bits per heavy atom. The molecule has 2 saturated heterocycles. The summed E-state index contributed by atoms with van der Waals surface area (Å²) in [5.41, 5.74) is 25.8. The summed E-state index contributed by atoms with van der Waals surface area (Å²) < 4.78 is 6.05. The number of rotatable bonds is 29. The Labute approximate surface area is 761 Å². The smallest absolute Gasteiger partial charge is 0.336 e. The number of aromatic hydroxyl groups is 1. The quantitative estimate of drug-likeness (QED) is 0.0203. The van der Waals surface area contributed by atoms with Crippen molar-refractivity contribution in [3.8, 4) is 28.2 Å². The normalized spacial score (nSPS) is 17.2. The predicted octanol–water partition coefficient (Wildman–Crippen LogP) is 5.50. The van der Waals surface area contributed by atoms with E-state index in [1.54, 1.807) is 43.3 Å². The van der Waals surface area contributed by atoms with Crippen LogP contribution in [0.3, 0.4) is 0 Å². The molecule has 0 bridgehead atoms. The second-order valence-electron chi connectivity index (χ2n) is 33.0. The molecule has 696 valence electrons. The molecule has 0 radical (unpaired) electrons. The van der Waals surface area contributed by atoms with Crippen LogP contribution >= 0.6 is 0 Å². The monoisotopic (exact) mass is 1820 g/mol. The summed E-state index contributed by atoms with van der Waals surface area (Å²) in [6.45, 7) is 3.99. The maximum Gasteiger partial charge on any atom is 0.336 e. The van der Waals surface area contributed by atoms with Crippen molar-refractivity contribution >= 4 is 151 Å². The highest BCUT2D eigenvalue weighted by atomic mass is 16.4. The molecule has 6 aromatic carbocycles. The summed E-state index contributed by atoms with van der Waals surface area (Å²) in [5.74, 6) is -12.1. The lowest BCUT2D eigenvalue weighted by Crippen LogP contribution is -2.55. The van der Waals surface area contributed by atoms with Gasteiger partial charge in [-0.05, 0) is 203 Å². The number of unbranched alkanes of at least 4 members (excludes halogenated alkanes) is 2. The van der Waals surface area contributed by atoms with Crippen molar-refractivity contribution in [2.75, 3.05) is 99.4 Å². The predicted molar refractivity (Wildman–Crippen MR) is 493 cm³/mol. The highest BCUT2D eigenvalue weighted by Gasteiger charge is 2.37. The van der Waals surface area contributed by atoms with Crippen molar-refractivity contribution in [3.63, 3.8) is 0 Å². The number of aromatic carboxylic acids is 1. The van der Waals surface area contributed by atoms with Crippen molar-refractivity contribution in [2.24, 2.45) is 40.7 Å². The maximum absolute atomic E-state index is 14.6. The first-order valence-electron chi connectivity index (χ1n) is 43.7. The number of nitrogens with two attached hydrogens (primary N) is 4. The molecule has 6 aliphatic rings. The molecule has 13 rings (SSSR count). The van der Waals surface area contributed by atoms with Gasteiger partial charge in [-0.1, -0.05) is 38.5 Å². The third-order valence-corrected chi connectivity index (χ3v) is 23.8. The van der Waals surface area contributed by atoms with Gasteiger partial charge in [0.05, 0.1) is 29.8 Å². The minimum atomic E-state index is -1.49. The number of anilines is 10. The highest BCUT2D eigenvalue weighted by Crippen LogP contribution is 2.43. The number of piperidine rings is 2. The van der Waals surface area contributed by atoms with Crippen molar-refractivity contribution < 1.29 is 86.9 Å². The Balaban J connectivity index is 0.696. The number of nitrogens with one attached hydrogen (secondary N) is 13. The Kier molecular flexibility index (Phi) is 30.8. The van der Waals surface area contributed by atoms with Crippen LogP contribution in [-0.2, 0) is 56.2 Å². The number of nitrogens with zero attached hydrogens (tertiary/aromatic N) is 5. The highest BCUT2D eigenvalue weighted by molar-refractivity contribution is 6.11. The summed E-state index contributed by atoms with van der Waals surface area (Å²) in [5, 5.41) is 68.6. The Morgan fingerprint density at radius 1 is 0.519 bits per heavy atom. The van der Waals surface area contributed by atoms with Gasteiger partial charge in [0.2, 0.25) is 76.9 Å². The molecular formula is C92H104N22O19. The van der Waals surface area contributed by atoms with Gasteiger partial charge in [0.25, 0.3) is 11.8 Å². The SMILES string of the molecule is CC[C@H](C)[C@@H]1NC(=O)c2cc(NC(=O)CNC(=O)C3CCN(c4nc(Nc5ccc(-c6c7ccc(=O)cc-7oc7cc(O)ccc67)c(C(=O)O)c5)nc(N5CCC(C(=O)NCC(=O)Nc6ccc7c(c6)C(=O)N[C@@H](CCC(=O)O)C(=O)N[C@@H](CCCCN)C(=O)Nc6cc(C(N)=O)ccc6CN7)CC5)n4)CC3)ccc2NCc2ccc(C(N)=O)cc2NC(=O)[C@H](CCCCN)NC1=O. The second-order valence-corrected chi connectivity index (χ2v) is 33.0. The van der Waals surface area contributed by atoms with E-state index in [-0.39, 0.29) is 204 Å². The number of aliphatic carboxylic acids is 1. The number of amides is 12. The fourth-order valence-corrected chi connectivity index (χ4v) is 16.2. The molecule has 12 amide bonds. The average molecular weight is 1820 g/mol. The van der Waals surface area contributed by atoms with Gasteiger partial charge < -0.3 is 122 Å². The number of primary amides is 2. The number of benzene rings is 7. The van der Waals surface area contributed by atoms with Crippen LogP contribution in [0, 0.1) is 17.8 Å². The second kappa shape index (κ2) is 43.2.